The van der Waals surface area contributed by atoms with E-state index in [4.69, 9.17) is 10.00 Å². The Balaban J connectivity index is 2.56. The van der Waals surface area contributed by atoms with E-state index < -0.39 is 0 Å². The number of ketones is 1. The monoisotopic (exact) mass is 246 g/mol. The molecule has 0 radical (unpaired) electrons. The summed E-state index contributed by atoms with van der Waals surface area (Å²) in [4.78, 5) is 13.8. The van der Waals surface area contributed by atoms with Crippen molar-refractivity contribution in [3.05, 3.63) is 29.8 Å². The fraction of sp³-hybridized carbons (Fsp3) is 0.429. The molecule has 1 rings (SSSR count). The van der Waals surface area contributed by atoms with E-state index in [0.29, 0.717) is 18.7 Å². The largest absolute Gasteiger partial charge is 0.497 e. The van der Waals surface area contributed by atoms with Gasteiger partial charge in [0.05, 0.1) is 25.6 Å². The molecule has 0 aliphatic rings. The average Bonchev–Trinajstić information content (AvgIpc) is 2.38. The summed E-state index contributed by atoms with van der Waals surface area (Å²) in [6.45, 7) is 2.76. The Bertz CT molecular complexity index is 434. The van der Waals surface area contributed by atoms with E-state index in [9.17, 15) is 4.79 Å². The first-order valence-corrected chi connectivity index (χ1v) is 5.82. The zero-order valence-electron chi connectivity index (χ0n) is 11.0. The molecule has 0 aliphatic carbocycles. The van der Waals surface area contributed by atoms with E-state index in [1.807, 2.05) is 18.9 Å². The Hall–Kier alpha value is -1.86. The third kappa shape index (κ3) is 4.19. The summed E-state index contributed by atoms with van der Waals surface area (Å²) >= 11 is 0. The maximum atomic E-state index is 12.0. The third-order valence-corrected chi connectivity index (χ3v) is 2.63. The van der Waals surface area contributed by atoms with Gasteiger partial charge in [-0.2, -0.15) is 5.26 Å². The molecule has 1 atom stereocenters. The molecule has 0 heterocycles. The second kappa shape index (κ2) is 6.77. The molecule has 0 aromatic heterocycles. The molecule has 1 unspecified atom stereocenters. The van der Waals surface area contributed by atoms with Crippen LogP contribution < -0.4 is 4.74 Å². The topological polar surface area (TPSA) is 53.3 Å². The van der Waals surface area contributed by atoms with E-state index >= 15 is 0 Å². The number of carbonyl (C=O) groups is 1. The van der Waals surface area contributed by atoms with Crippen LogP contribution in [0.1, 0.15) is 17.3 Å². The zero-order valence-corrected chi connectivity index (χ0v) is 11.0. The fourth-order valence-electron chi connectivity index (χ4n) is 1.69. The number of Topliss-reactive ketones (excluding diaryl/α,β-unsaturated/α-hetero) is 1. The average molecular weight is 246 g/mol. The molecular formula is C14H18N2O2. The van der Waals surface area contributed by atoms with Crippen molar-refractivity contribution >= 4 is 5.78 Å². The SMILES string of the molecule is COc1ccc(C(=O)CN(C)CC(C)C#N)cc1. The van der Waals surface area contributed by atoms with Crippen molar-refractivity contribution in [1.82, 2.24) is 4.90 Å². The van der Waals surface area contributed by atoms with Crippen LogP contribution in [-0.2, 0) is 0 Å². The number of rotatable bonds is 6. The van der Waals surface area contributed by atoms with Crippen LogP contribution >= 0.6 is 0 Å². The van der Waals surface area contributed by atoms with Crippen LogP contribution in [0, 0.1) is 17.2 Å². The molecule has 4 heteroatoms. The van der Waals surface area contributed by atoms with Crippen LogP contribution in [0.3, 0.4) is 0 Å². The molecule has 18 heavy (non-hydrogen) atoms. The first-order chi connectivity index (χ1) is 8.56. The first kappa shape index (κ1) is 14.2. The minimum atomic E-state index is -0.0707. The maximum Gasteiger partial charge on any atom is 0.176 e. The van der Waals surface area contributed by atoms with Crippen molar-refractivity contribution in [3.63, 3.8) is 0 Å². The summed E-state index contributed by atoms with van der Waals surface area (Å²) in [7, 11) is 3.43. The quantitative estimate of drug-likeness (QED) is 0.720. The number of carbonyl (C=O) groups excluding carboxylic acids is 1. The number of nitrogens with zero attached hydrogens (tertiary/aromatic N) is 2. The van der Waals surface area contributed by atoms with Crippen molar-refractivity contribution in [2.24, 2.45) is 5.92 Å². The molecule has 1 aromatic rings. The van der Waals surface area contributed by atoms with Gasteiger partial charge in [0, 0.05) is 12.1 Å². The van der Waals surface area contributed by atoms with Crippen molar-refractivity contribution in [3.8, 4) is 11.8 Å². The number of hydrogen-bond acceptors (Lipinski definition) is 4. The van der Waals surface area contributed by atoms with Crippen molar-refractivity contribution in [2.75, 3.05) is 27.2 Å². The summed E-state index contributed by atoms with van der Waals surface area (Å²) in [5, 5.41) is 8.72. The van der Waals surface area contributed by atoms with Gasteiger partial charge in [-0.05, 0) is 38.2 Å². The molecule has 0 saturated carbocycles. The molecule has 0 bridgehead atoms. The second-order valence-electron chi connectivity index (χ2n) is 4.38. The summed E-state index contributed by atoms with van der Waals surface area (Å²) in [5.41, 5.74) is 0.660. The van der Waals surface area contributed by atoms with Gasteiger partial charge >= 0.3 is 0 Å². The number of benzene rings is 1. The predicted octanol–water partition coefficient (Wildman–Crippen LogP) is 1.97. The number of hydrogen-bond donors (Lipinski definition) is 0. The Labute approximate surface area is 108 Å². The Morgan fingerprint density at radius 3 is 2.56 bits per heavy atom. The Morgan fingerprint density at radius 1 is 1.44 bits per heavy atom. The highest BCUT2D eigenvalue weighted by molar-refractivity contribution is 5.97. The van der Waals surface area contributed by atoms with Crippen LogP contribution in [-0.4, -0.2) is 37.9 Å². The summed E-state index contributed by atoms with van der Waals surface area (Å²) in [6, 6.07) is 9.20. The fourth-order valence-corrected chi connectivity index (χ4v) is 1.69. The highest BCUT2D eigenvalue weighted by Crippen LogP contribution is 2.12. The van der Waals surface area contributed by atoms with Crippen molar-refractivity contribution < 1.29 is 9.53 Å². The van der Waals surface area contributed by atoms with Gasteiger partial charge in [-0.25, -0.2) is 0 Å². The minimum absolute atomic E-state index is 0.0466. The van der Waals surface area contributed by atoms with Crippen LogP contribution in [0.25, 0.3) is 0 Å². The minimum Gasteiger partial charge on any atom is -0.497 e. The zero-order chi connectivity index (χ0) is 13.5. The molecule has 0 N–H and O–H groups in total. The molecule has 0 saturated heterocycles. The van der Waals surface area contributed by atoms with E-state index in [-0.39, 0.29) is 11.7 Å². The van der Waals surface area contributed by atoms with E-state index in [1.165, 1.54) is 0 Å². The lowest BCUT2D eigenvalue weighted by Crippen LogP contribution is -2.29. The van der Waals surface area contributed by atoms with Crippen LogP contribution in [0.15, 0.2) is 24.3 Å². The lowest BCUT2D eigenvalue weighted by molar-refractivity contribution is 0.0942. The Morgan fingerprint density at radius 2 is 2.06 bits per heavy atom. The van der Waals surface area contributed by atoms with Gasteiger partial charge in [0.15, 0.2) is 5.78 Å². The summed E-state index contributed by atoms with van der Waals surface area (Å²) < 4.78 is 5.04. The molecular weight excluding hydrogens is 228 g/mol. The van der Waals surface area contributed by atoms with Gasteiger partial charge in [-0.3, -0.25) is 9.69 Å². The standard InChI is InChI=1S/C14H18N2O2/c1-11(8-15)9-16(2)10-14(17)12-4-6-13(18-3)7-5-12/h4-7,11H,9-10H2,1-3H3. The molecule has 0 spiro atoms. The smallest absolute Gasteiger partial charge is 0.176 e. The molecule has 4 nitrogen and oxygen atoms in total. The molecule has 1 aromatic carbocycles. The van der Waals surface area contributed by atoms with E-state index in [0.717, 1.165) is 5.75 Å². The molecule has 96 valence electrons. The van der Waals surface area contributed by atoms with Gasteiger partial charge in [0.25, 0.3) is 0 Å². The molecule has 0 aliphatic heterocycles. The maximum absolute atomic E-state index is 12.0. The Kier molecular flexibility index (Phi) is 5.34. The number of likely N-dealkylation sites (N-methyl/N-ethyl adjacent to an activating group) is 1. The second-order valence-corrected chi connectivity index (χ2v) is 4.38. The van der Waals surface area contributed by atoms with Gasteiger partial charge in [0.1, 0.15) is 5.75 Å². The van der Waals surface area contributed by atoms with E-state index in [2.05, 4.69) is 6.07 Å². The van der Waals surface area contributed by atoms with Gasteiger partial charge < -0.3 is 4.74 Å². The van der Waals surface area contributed by atoms with Gasteiger partial charge in [-0.1, -0.05) is 0 Å². The highest BCUT2D eigenvalue weighted by atomic mass is 16.5. The molecule has 0 fully saturated rings. The lowest BCUT2D eigenvalue weighted by atomic mass is 10.1. The van der Waals surface area contributed by atoms with Crippen LogP contribution in [0.2, 0.25) is 0 Å². The third-order valence-electron chi connectivity index (χ3n) is 2.63. The number of nitriles is 1. The lowest BCUT2D eigenvalue weighted by Gasteiger charge is -2.16. The normalized spacial score (nSPS) is 11.9. The first-order valence-electron chi connectivity index (χ1n) is 5.82. The summed E-state index contributed by atoms with van der Waals surface area (Å²) in [5.74, 6) is 0.710. The summed E-state index contributed by atoms with van der Waals surface area (Å²) in [6.07, 6.45) is 0. The van der Waals surface area contributed by atoms with Crippen LogP contribution in [0.5, 0.6) is 5.75 Å². The predicted molar refractivity (Wildman–Crippen MR) is 69.6 cm³/mol. The number of ether oxygens (including phenoxy) is 1. The van der Waals surface area contributed by atoms with Crippen molar-refractivity contribution in [2.45, 2.75) is 6.92 Å². The highest BCUT2D eigenvalue weighted by Gasteiger charge is 2.11. The van der Waals surface area contributed by atoms with E-state index in [1.54, 1.807) is 31.4 Å². The van der Waals surface area contributed by atoms with Gasteiger partial charge in [-0.15, -0.1) is 0 Å². The molecule has 0 amide bonds. The van der Waals surface area contributed by atoms with Crippen molar-refractivity contribution in [1.29, 1.82) is 5.26 Å². The van der Waals surface area contributed by atoms with Crippen LogP contribution in [0.4, 0.5) is 0 Å². The van der Waals surface area contributed by atoms with Gasteiger partial charge in [0.2, 0.25) is 0 Å². The number of methoxy groups -OCH3 is 1.